The van der Waals surface area contributed by atoms with E-state index in [2.05, 4.69) is 48.9 Å². The van der Waals surface area contributed by atoms with Gasteiger partial charge in [-0.1, -0.05) is 0 Å². The SMILES string of the molecule is CN(c1ccc(Br)c(F)c1F)C1CC(C)(C)NC(C)(C)C1. The second kappa shape index (κ2) is 5.51. The van der Waals surface area contributed by atoms with Gasteiger partial charge in [-0.05, 0) is 68.6 Å². The molecular formula is C16H23BrF2N2. The van der Waals surface area contributed by atoms with Crippen molar-refractivity contribution in [2.45, 2.75) is 57.7 Å². The third-order valence-corrected chi connectivity index (χ3v) is 4.72. The first-order valence-electron chi connectivity index (χ1n) is 7.18. The molecule has 1 aromatic carbocycles. The molecule has 118 valence electrons. The summed E-state index contributed by atoms with van der Waals surface area (Å²) in [5.41, 5.74) is 0.241. The zero-order valence-corrected chi connectivity index (χ0v) is 14.8. The maximum atomic E-state index is 14.2. The Bertz CT molecular complexity index is 527. The van der Waals surface area contributed by atoms with Gasteiger partial charge in [-0.25, -0.2) is 8.78 Å². The second-order valence-corrected chi connectivity index (χ2v) is 8.11. The summed E-state index contributed by atoms with van der Waals surface area (Å²) in [6, 6.07) is 3.35. The van der Waals surface area contributed by atoms with Crippen LogP contribution in [0.1, 0.15) is 40.5 Å². The Hall–Kier alpha value is -0.680. The maximum absolute atomic E-state index is 14.2. The van der Waals surface area contributed by atoms with Crippen LogP contribution in [-0.4, -0.2) is 24.2 Å². The van der Waals surface area contributed by atoms with Crippen molar-refractivity contribution in [3.63, 3.8) is 0 Å². The van der Waals surface area contributed by atoms with E-state index in [1.54, 1.807) is 12.1 Å². The minimum Gasteiger partial charge on any atom is -0.369 e. The molecule has 21 heavy (non-hydrogen) atoms. The van der Waals surface area contributed by atoms with E-state index in [-0.39, 0.29) is 21.6 Å². The Morgan fingerprint density at radius 2 is 1.62 bits per heavy atom. The highest BCUT2D eigenvalue weighted by atomic mass is 79.9. The van der Waals surface area contributed by atoms with Crippen molar-refractivity contribution in [3.8, 4) is 0 Å². The van der Waals surface area contributed by atoms with Gasteiger partial charge in [0.25, 0.3) is 0 Å². The molecule has 0 bridgehead atoms. The van der Waals surface area contributed by atoms with E-state index in [0.717, 1.165) is 12.8 Å². The number of benzene rings is 1. The lowest BCUT2D eigenvalue weighted by Crippen LogP contribution is -2.62. The second-order valence-electron chi connectivity index (χ2n) is 7.26. The van der Waals surface area contributed by atoms with E-state index in [1.807, 2.05) is 11.9 Å². The molecule has 2 rings (SSSR count). The average Bonchev–Trinajstić information content (AvgIpc) is 2.31. The highest BCUT2D eigenvalue weighted by Crippen LogP contribution is 2.35. The molecule has 1 aliphatic heterocycles. The predicted octanol–water partition coefficient (Wildman–Crippen LogP) is 4.47. The molecule has 0 saturated carbocycles. The van der Waals surface area contributed by atoms with Gasteiger partial charge in [-0.2, -0.15) is 0 Å². The van der Waals surface area contributed by atoms with Crippen LogP contribution in [0.3, 0.4) is 0 Å². The zero-order valence-electron chi connectivity index (χ0n) is 13.2. The summed E-state index contributed by atoms with van der Waals surface area (Å²) < 4.78 is 28.1. The van der Waals surface area contributed by atoms with Crippen molar-refractivity contribution < 1.29 is 8.78 Å². The Kier molecular flexibility index (Phi) is 4.37. The van der Waals surface area contributed by atoms with Crippen LogP contribution < -0.4 is 10.2 Å². The van der Waals surface area contributed by atoms with E-state index >= 15 is 0 Å². The standard InChI is InChI=1S/C16H23BrF2N2/c1-15(2)8-10(9-16(3,4)20-15)21(5)12-7-6-11(17)13(18)14(12)19/h6-7,10,20H,8-9H2,1-5H3. The van der Waals surface area contributed by atoms with Crippen molar-refractivity contribution in [3.05, 3.63) is 28.2 Å². The lowest BCUT2D eigenvalue weighted by molar-refractivity contribution is 0.160. The van der Waals surface area contributed by atoms with Gasteiger partial charge in [0.05, 0.1) is 10.2 Å². The maximum Gasteiger partial charge on any atom is 0.183 e. The third-order valence-electron chi connectivity index (χ3n) is 4.11. The van der Waals surface area contributed by atoms with Gasteiger partial charge < -0.3 is 10.2 Å². The van der Waals surface area contributed by atoms with Crippen LogP contribution in [0.5, 0.6) is 0 Å². The molecule has 1 fully saturated rings. The first-order chi connectivity index (χ1) is 9.52. The number of anilines is 1. The molecule has 1 N–H and O–H groups in total. The van der Waals surface area contributed by atoms with Crippen LogP contribution in [0.15, 0.2) is 16.6 Å². The average molecular weight is 361 g/mol. The van der Waals surface area contributed by atoms with Gasteiger partial charge in [-0.3, -0.25) is 0 Å². The number of hydrogen-bond acceptors (Lipinski definition) is 2. The largest absolute Gasteiger partial charge is 0.369 e. The van der Waals surface area contributed by atoms with Crippen LogP contribution in [0.2, 0.25) is 0 Å². The fraction of sp³-hybridized carbons (Fsp3) is 0.625. The third kappa shape index (κ3) is 3.57. The Balaban J connectivity index is 2.31. The quantitative estimate of drug-likeness (QED) is 0.782. The molecule has 2 nitrogen and oxygen atoms in total. The zero-order chi connectivity index (χ0) is 16.0. The van der Waals surface area contributed by atoms with E-state index < -0.39 is 11.6 Å². The predicted molar refractivity (Wildman–Crippen MR) is 86.8 cm³/mol. The van der Waals surface area contributed by atoms with Crippen molar-refractivity contribution in [1.82, 2.24) is 5.32 Å². The van der Waals surface area contributed by atoms with Gasteiger partial charge >= 0.3 is 0 Å². The van der Waals surface area contributed by atoms with Gasteiger partial charge in [0.2, 0.25) is 0 Å². The summed E-state index contributed by atoms with van der Waals surface area (Å²) in [5, 5.41) is 3.60. The van der Waals surface area contributed by atoms with E-state index in [9.17, 15) is 8.78 Å². The summed E-state index contributed by atoms with van der Waals surface area (Å²) >= 11 is 3.02. The summed E-state index contributed by atoms with van der Waals surface area (Å²) in [6.07, 6.45) is 1.76. The molecule has 1 aromatic rings. The first kappa shape index (κ1) is 16.7. The van der Waals surface area contributed by atoms with Gasteiger partial charge in [0.15, 0.2) is 11.6 Å². The molecule has 0 aliphatic carbocycles. The van der Waals surface area contributed by atoms with E-state index in [0.29, 0.717) is 5.69 Å². The number of rotatable bonds is 2. The molecule has 0 radical (unpaired) electrons. The smallest absolute Gasteiger partial charge is 0.183 e. The minimum absolute atomic E-state index is 0.0366. The summed E-state index contributed by atoms with van der Waals surface area (Å²) in [5.74, 6) is -1.62. The van der Waals surface area contributed by atoms with Gasteiger partial charge in [0.1, 0.15) is 0 Å². The molecule has 1 heterocycles. The molecular weight excluding hydrogens is 338 g/mol. The normalized spacial score (nSPS) is 21.3. The highest BCUT2D eigenvalue weighted by Gasteiger charge is 2.39. The lowest BCUT2D eigenvalue weighted by atomic mass is 9.79. The Labute approximate surface area is 134 Å². The summed E-state index contributed by atoms with van der Waals surface area (Å²) in [7, 11) is 1.84. The van der Waals surface area contributed by atoms with Crippen molar-refractivity contribution in [1.29, 1.82) is 0 Å². The van der Waals surface area contributed by atoms with Crippen molar-refractivity contribution >= 4 is 21.6 Å². The fourth-order valence-electron chi connectivity index (χ4n) is 3.53. The van der Waals surface area contributed by atoms with Gasteiger partial charge in [0, 0.05) is 24.2 Å². The molecule has 1 saturated heterocycles. The molecule has 0 amide bonds. The van der Waals surface area contributed by atoms with Crippen LogP contribution in [0.25, 0.3) is 0 Å². The number of nitrogens with zero attached hydrogens (tertiary/aromatic N) is 1. The van der Waals surface area contributed by atoms with E-state index in [1.165, 1.54) is 0 Å². The Morgan fingerprint density at radius 1 is 1.10 bits per heavy atom. The molecule has 0 spiro atoms. The highest BCUT2D eigenvalue weighted by molar-refractivity contribution is 9.10. The molecule has 0 aromatic heterocycles. The van der Waals surface area contributed by atoms with Crippen molar-refractivity contribution in [2.75, 3.05) is 11.9 Å². The van der Waals surface area contributed by atoms with Gasteiger partial charge in [-0.15, -0.1) is 0 Å². The number of piperidine rings is 1. The van der Waals surface area contributed by atoms with Crippen LogP contribution >= 0.6 is 15.9 Å². The van der Waals surface area contributed by atoms with Crippen molar-refractivity contribution in [2.24, 2.45) is 0 Å². The van der Waals surface area contributed by atoms with Crippen LogP contribution in [-0.2, 0) is 0 Å². The first-order valence-corrected chi connectivity index (χ1v) is 7.97. The lowest BCUT2D eigenvalue weighted by Gasteiger charge is -2.49. The van der Waals surface area contributed by atoms with Crippen LogP contribution in [0, 0.1) is 11.6 Å². The molecule has 1 aliphatic rings. The fourth-order valence-corrected chi connectivity index (χ4v) is 3.83. The molecule has 0 unspecified atom stereocenters. The topological polar surface area (TPSA) is 15.3 Å². The number of halogens is 3. The monoisotopic (exact) mass is 360 g/mol. The summed E-state index contributed by atoms with van der Waals surface area (Å²) in [4.78, 5) is 1.87. The number of nitrogens with one attached hydrogen (secondary N) is 1. The Morgan fingerprint density at radius 3 is 2.14 bits per heavy atom. The molecule has 0 atom stereocenters. The summed E-state index contributed by atoms with van der Waals surface area (Å²) in [6.45, 7) is 8.58. The van der Waals surface area contributed by atoms with Crippen LogP contribution in [0.4, 0.5) is 14.5 Å². The number of hydrogen-bond donors (Lipinski definition) is 1. The minimum atomic E-state index is -0.827. The molecule has 5 heteroatoms. The van der Waals surface area contributed by atoms with E-state index in [4.69, 9.17) is 0 Å².